The highest BCUT2D eigenvalue weighted by atomic mass is 32.1. The first-order chi connectivity index (χ1) is 11.8. The number of furan rings is 1. The van der Waals surface area contributed by atoms with Crippen LogP contribution in [0.25, 0.3) is 16.2 Å². The number of thiazole rings is 1. The number of carbonyl (C=O) groups excluding carboxylic acids is 1. The number of hydrogen-bond donors (Lipinski definition) is 1. The maximum Gasteiger partial charge on any atom is 0.293 e. The molecule has 4 rings (SSSR count). The van der Waals surface area contributed by atoms with Crippen molar-refractivity contribution in [3.05, 3.63) is 53.8 Å². The minimum atomic E-state index is -0.392. The molecule has 4 aromatic rings. The fourth-order valence-electron chi connectivity index (χ4n) is 2.35. The second kappa shape index (κ2) is 5.82. The molecule has 1 N–H and O–H groups in total. The summed E-state index contributed by atoms with van der Waals surface area (Å²) >= 11 is 1.43. The van der Waals surface area contributed by atoms with E-state index in [-0.39, 0.29) is 11.7 Å². The summed E-state index contributed by atoms with van der Waals surface area (Å²) in [5.74, 6) is 0.781. The molecule has 3 aromatic heterocycles. The summed E-state index contributed by atoms with van der Waals surface area (Å²) in [5, 5.41) is 8.94. The minimum Gasteiger partial charge on any atom is -0.496 e. The van der Waals surface area contributed by atoms with Crippen LogP contribution in [0.5, 0.6) is 5.75 Å². The Kier molecular flexibility index (Phi) is 3.51. The van der Waals surface area contributed by atoms with Gasteiger partial charge in [-0.3, -0.25) is 10.1 Å². The Balaban J connectivity index is 1.70. The van der Waals surface area contributed by atoms with E-state index < -0.39 is 5.91 Å². The van der Waals surface area contributed by atoms with Crippen molar-refractivity contribution < 1.29 is 13.9 Å². The molecule has 0 saturated carbocycles. The molecule has 0 fully saturated rings. The fraction of sp³-hybridized carbons (Fsp3) is 0.0625. The van der Waals surface area contributed by atoms with Crippen LogP contribution in [-0.4, -0.2) is 27.6 Å². The van der Waals surface area contributed by atoms with Crippen LogP contribution in [0, 0.1) is 0 Å². The molecule has 0 unspecified atom stereocenters. The van der Waals surface area contributed by atoms with Crippen molar-refractivity contribution in [3.8, 4) is 17.0 Å². The third-order valence-electron chi connectivity index (χ3n) is 3.43. The van der Waals surface area contributed by atoms with Gasteiger partial charge in [-0.25, -0.2) is 4.52 Å². The lowest BCUT2D eigenvalue weighted by molar-refractivity contribution is 0.0996. The molecule has 120 valence electrons. The molecular formula is C16H12N4O3S. The highest BCUT2D eigenvalue weighted by Crippen LogP contribution is 2.32. The van der Waals surface area contributed by atoms with Crippen LogP contribution in [0.1, 0.15) is 10.6 Å². The summed E-state index contributed by atoms with van der Waals surface area (Å²) in [6.45, 7) is 0. The lowest BCUT2D eigenvalue weighted by Gasteiger charge is -2.06. The van der Waals surface area contributed by atoms with E-state index in [4.69, 9.17) is 9.15 Å². The number of methoxy groups -OCH3 is 1. The van der Waals surface area contributed by atoms with Gasteiger partial charge in [0.05, 0.1) is 19.1 Å². The summed E-state index contributed by atoms with van der Waals surface area (Å²) in [6.07, 6.45) is 1.44. The summed E-state index contributed by atoms with van der Waals surface area (Å²) in [7, 11) is 1.62. The zero-order chi connectivity index (χ0) is 16.5. The van der Waals surface area contributed by atoms with Gasteiger partial charge >= 0.3 is 0 Å². The third-order valence-corrected chi connectivity index (χ3v) is 4.25. The topological polar surface area (TPSA) is 81.7 Å². The van der Waals surface area contributed by atoms with E-state index in [2.05, 4.69) is 15.4 Å². The molecule has 0 aliphatic rings. The van der Waals surface area contributed by atoms with E-state index in [1.165, 1.54) is 17.6 Å². The van der Waals surface area contributed by atoms with Crippen molar-refractivity contribution in [2.24, 2.45) is 0 Å². The van der Waals surface area contributed by atoms with Gasteiger partial charge in [0.25, 0.3) is 11.9 Å². The molecule has 0 aliphatic heterocycles. The highest BCUT2D eigenvalue weighted by molar-refractivity contribution is 7.15. The Bertz CT molecular complexity index is 1000. The maximum atomic E-state index is 12.0. The van der Waals surface area contributed by atoms with Crippen LogP contribution in [0.3, 0.4) is 0 Å². The summed E-state index contributed by atoms with van der Waals surface area (Å²) < 4.78 is 12.1. The van der Waals surface area contributed by atoms with Gasteiger partial charge in [0.15, 0.2) is 5.76 Å². The van der Waals surface area contributed by atoms with Gasteiger partial charge in [-0.2, -0.15) is 4.98 Å². The molecule has 0 aliphatic carbocycles. The van der Waals surface area contributed by atoms with E-state index >= 15 is 0 Å². The maximum absolute atomic E-state index is 12.0. The molecule has 0 saturated heterocycles. The lowest BCUT2D eigenvalue weighted by Crippen LogP contribution is -2.12. The molecule has 1 amide bonds. The van der Waals surface area contributed by atoms with Gasteiger partial charge < -0.3 is 9.15 Å². The summed E-state index contributed by atoms with van der Waals surface area (Å²) in [4.78, 5) is 17.0. The number of carbonyl (C=O) groups is 1. The Labute approximate surface area is 140 Å². The number of aromatic nitrogens is 3. The van der Waals surface area contributed by atoms with Crippen LogP contribution >= 0.6 is 11.3 Å². The van der Waals surface area contributed by atoms with Crippen LogP contribution < -0.4 is 10.1 Å². The molecule has 0 atom stereocenters. The van der Waals surface area contributed by atoms with Gasteiger partial charge in [0, 0.05) is 10.9 Å². The molecule has 7 nitrogen and oxygen atoms in total. The predicted octanol–water partition coefficient (Wildman–Crippen LogP) is 3.31. The normalized spacial score (nSPS) is 10.9. The smallest absolute Gasteiger partial charge is 0.293 e. The predicted molar refractivity (Wildman–Crippen MR) is 89.5 cm³/mol. The number of nitrogens with one attached hydrogen (secondary N) is 1. The van der Waals surface area contributed by atoms with E-state index in [1.54, 1.807) is 23.8 Å². The average molecular weight is 340 g/mol. The van der Waals surface area contributed by atoms with Crippen molar-refractivity contribution in [2.75, 3.05) is 12.4 Å². The van der Waals surface area contributed by atoms with Crippen molar-refractivity contribution >= 4 is 28.2 Å². The molecule has 0 radical (unpaired) electrons. The van der Waals surface area contributed by atoms with Crippen molar-refractivity contribution in [1.82, 2.24) is 14.6 Å². The van der Waals surface area contributed by atoms with Gasteiger partial charge in [-0.1, -0.05) is 12.1 Å². The second-order valence-corrected chi connectivity index (χ2v) is 5.72. The molecular weight excluding hydrogens is 328 g/mol. The van der Waals surface area contributed by atoms with Crippen LogP contribution in [-0.2, 0) is 0 Å². The highest BCUT2D eigenvalue weighted by Gasteiger charge is 2.17. The molecule has 0 spiro atoms. The first-order valence-corrected chi connectivity index (χ1v) is 7.97. The van der Waals surface area contributed by atoms with Crippen molar-refractivity contribution in [3.63, 3.8) is 0 Å². The van der Waals surface area contributed by atoms with Gasteiger partial charge in [-0.15, -0.1) is 16.4 Å². The number of rotatable bonds is 4. The number of amides is 1. The number of hydrogen-bond acceptors (Lipinski definition) is 6. The molecule has 24 heavy (non-hydrogen) atoms. The number of para-hydroxylation sites is 1. The van der Waals surface area contributed by atoms with Crippen LogP contribution in [0.15, 0.2) is 52.5 Å². The fourth-order valence-corrected chi connectivity index (χ4v) is 3.17. The Morgan fingerprint density at radius 3 is 2.96 bits per heavy atom. The van der Waals surface area contributed by atoms with Crippen molar-refractivity contribution in [2.45, 2.75) is 0 Å². The van der Waals surface area contributed by atoms with E-state index in [0.29, 0.717) is 4.96 Å². The van der Waals surface area contributed by atoms with Gasteiger partial charge in [0.1, 0.15) is 5.75 Å². The zero-order valence-electron chi connectivity index (χ0n) is 12.6. The van der Waals surface area contributed by atoms with Crippen LogP contribution in [0.4, 0.5) is 5.95 Å². The Morgan fingerprint density at radius 1 is 1.29 bits per heavy atom. The SMILES string of the molecule is COc1ccccc1-c1csc2nc(NC(=O)c3ccco3)nn12. The number of anilines is 1. The number of nitrogens with zero attached hydrogens (tertiary/aromatic N) is 3. The van der Waals surface area contributed by atoms with E-state index in [9.17, 15) is 4.79 Å². The Morgan fingerprint density at radius 2 is 2.17 bits per heavy atom. The van der Waals surface area contributed by atoms with Gasteiger partial charge in [0.2, 0.25) is 4.96 Å². The van der Waals surface area contributed by atoms with E-state index in [0.717, 1.165) is 17.0 Å². The molecule has 3 heterocycles. The lowest BCUT2D eigenvalue weighted by atomic mass is 10.1. The summed E-state index contributed by atoms with van der Waals surface area (Å²) in [6, 6.07) is 10.9. The number of fused-ring (bicyclic) bond motifs is 1. The molecule has 0 bridgehead atoms. The zero-order valence-corrected chi connectivity index (χ0v) is 13.4. The minimum absolute atomic E-state index is 0.207. The largest absolute Gasteiger partial charge is 0.496 e. The van der Waals surface area contributed by atoms with E-state index in [1.807, 2.05) is 29.6 Å². The molecule has 1 aromatic carbocycles. The quantitative estimate of drug-likeness (QED) is 0.616. The Hall–Kier alpha value is -3.13. The average Bonchev–Trinajstić information content (AvgIpc) is 3.31. The summed E-state index contributed by atoms with van der Waals surface area (Å²) in [5.41, 5.74) is 1.75. The number of ether oxygens (including phenoxy) is 1. The first-order valence-electron chi connectivity index (χ1n) is 7.09. The third kappa shape index (κ3) is 2.42. The first kappa shape index (κ1) is 14.5. The standard InChI is InChI=1S/C16H12N4O3S/c1-22-12-6-3-2-5-10(12)11-9-24-16-18-15(19-20(11)16)17-14(21)13-7-4-8-23-13/h2-9H,1H3,(H,17,19,21). The van der Waals surface area contributed by atoms with Crippen LogP contribution in [0.2, 0.25) is 0 Å². The number of benzene rings is 1. The van der Waals surface area contributed by atoms with Gasteiger partial charge in [-0.05, 0) is 24.3 Å². The second-order valence-electron chi connectivity index (χ2n) is 4.88. The monoisotopic (exact) mass is 340 g/mol. The van der Waals surface area contributed by atoms with Crippen molar-refractivity contribution in [1.29, 1.82) is 0 Å². The molecule has 8 heteroatoms.